The van der Waals surface area contributed by atoms with E-state index in [2.05, 4.69) is 27.1 Å². The highest BCUT2D eigenvalue weighted by Crippen LogP contribution is 2.24. The van der Waals surface area contributed by atoms with Crippen LogP contribution in [0.15, 0.2) is 47.6 Å². The van der Waals surface area contributed by atoms with Gasteiger partial charge in [0.05, 0.1) is 11.4 Å². The van der Waals surface area contributed by atoms with Crippen LogP contribution in [0.1, 0.15) is 54.6 Å². The first kappa shape index (κ1) is 21.6. The van der Waals surface area contributed by atoms with E-state index in [1.54, 1.807) is 0 Å². The maximum absolute atomic E-state index is 10.6. The lowest BCUT2D eigenvalue weighted by atomic mass is 9.97. The third-order valence-corrected chi connectivity index (χ3v) is 4.47. The van der Waals surface area contributed by atoms with Crippen LogP contribution in [-0.4, -0.2) is 33.4 Å². The number of H-pyrrole nitrogens is 1. The van der Waals surface area contributed by atoms with Crippen LogP contribution in [0.5, 0.6) is 0 Å². The monoisotopic (exact) mass is 381 g/mol. The van der Waals surface area contributed by atoms with Crippen molar-refractivity contribution in [2.24, 2.45) is 10.8 Å². The minimum absolute atomic E-state index is 0.169. The molecule has 0 radical (unpaired) electrons. The smallest absolute Gasteiger partial charge is 0.131 e. The van der Waals surface area contributed by atoms with Gasteiger partial charge < -0.3 is 15.8 Å². The Morgan fingerprint density at radius 3 is 2.57 bits per heavy atom. The summed E-state index contributed by atoms with van der Waals surface area (Å²) in [6, 6.07) is 7.81. The van der Waals surface area contributed by atoms with Gasteiger partial charge in [0.15, 0.2) is 0 Å². The maximum Gasteiger partial charge on any atom is 0.131 e. The molecule has 0 saturated carbocycles. The molecule has 1 aromatic heterocycles. The van der Waals surface area contributed by atoms with Crippen LogP contribution >= 0.6 is 0 Å². The molecular weight excluding hydrogens is 350 g/mol. The second-order valence-corrected chi connectivity index (χ2v) is 6.62. The van der Waals surface area contributed by atoms with Crippen LogP contribution < -0.4 is 11.2 Å². The number of aliphatic hydroxyl groups excluding tert-OH is 1. The van der Waals surface area contributed by atoms with E-state index in [4.69, 9.17) is 5.73 Å². The van der Waals surface area contributed by atoms with Crippen molar-refractivity contribution in [2.75, 3.05) is 6.54 Å². The fourth-order valence-electron chi connectivity index (χ4n) is 2.85. The molecule has 28 heavy (non-hydrogen) atoms. The molecule has 1 aliphatic heterocycles. The average Bonchev–Trinajstić information content (AvgIpc) is 3.09. The van der Waals surface area contributed by atoms with Crippen molar-refractivity contribution in [1.82, 2.24) is 15.4 Å². The molecule has 2 heterocycles. The molecule has 2 aromatic rings. The molecule has 3 rings (SSSR count). The highest BCUT2D eigenvalue weighted by Gasteiger charge is 2.28. The molecule has 1 aromatic carbocycles. The third-order valence-electron chi connectivity index (χ3n) is 4.47. The first-order valence-electron chi connectivity index (χ1n) is 9.68. The third kappa shape index (κ3) is 5.18. The summed E-state index contributed by atoms with van der Waals surface area (Å²) in [7, 11) is 0. The van der Waals surface area contributed by atoms with E-state index in [-0.39, 0.29) is 6.04 Å². The van der Waals surface area contributed by atoms with Crippen LogP contribution in [-0.2, 0) is 0 Å². The van der Waals surface area contributed by atoms with E-state index < -0.39 is 6.10 Å². The molecule has 6 nitrogen and oxygen atoms in total. The van der Waals surface area contributed by atoms with Crippen LogP contribution in [0.25, 0.3) is 6.08 Å². The number of aromatic nitrogens is 2. The van der Waals surface area contributed by atoms with Gasteiger partial charge in [0, 0.05) is 24.2 Å². The van der Waals surface area contributed by atoms with Crippen LogP contribution in [0, 0.1) is 13.8 Å². The predicted molar refractivity (Wildman–Crippen MR) is 116 cm³/mol. The minimum atomic E-state index is -0.648. The van der Waals surface area contributed by atoms with E-state index in [1.807, 2.05) is 64.1 Å². The number of aromatic amines is 1. The van der Waals surface area contributed by atoms with Crippen molar-refractivity contribution in [1.29, 1.82) is 0 Å². The Balaban J connectivity index is 0.00000136. The van der Waals surface area contributed by atoms with Gasteiger partial charge in [-0.2, -0.15) is 5.10 Å². The Morgan fingerprint density at radius 2 is 1.96 bits per heavy atom. The van der Waals surface area contributed by atoms with Crippen LogP contribution in [0.4, 0.5) is 0 Å². The van der Waals surface area contributed by atoms with Crippen molar-refractivity contribution in [3.8, 4) is 0 Å². The van der Waals surface area contributed by atoms with Crippen molar-refractivity contribution >= 4 is 11.8 Å². The number of aryl methyl sites for hydroxylation is 2. The topological polar surface area (TPSA) is 99.3 Å². The lowest BCUT2D eigenvalue weighted by molar-refractivity contribution is 0.199. The molecular formula is C22H31N5O. The largest absolute Gasteiger partial charge is 0.387 e. The summed E-state index contributed by atoms with van der Waals surface area (Å²) in [4.78, 5) is 7.89. The molecule has 6 heteroatoms. The van der Waals surface area contributed by atoms with Gasteiger partial charge in [0.1, 0.15) is 18.0 Å². The molecule has 2 atom stereocenters. The number of hydrazone groups is 1. The average molecular weight is 382 g/mol. The Morgan fingerprint density at radius 1 is 1.29 bits per heavy atom. The summed E-state index contributed by atoms with van der Waals surface area (Å²) >= 11 is 0. The Bertz CT molecular complexity index is 848. The summed E-state index contributed by atoms with van der Waals surface area (Å²) in [5.41, 5.74) is 14.0. The van der Waals surface area contributed by atoms with Gasteiger partial charge in [0.25, 0.3) is 0 Å². The van der Waals surface area contributed by atoms with Crippen molar-refractivity contribution in [2.45, 2.75) is 46.3 Å². The maximum atomic E-state index is 10.6. The zero-order valence-corrected chi connectivity index (χ0v) is 17.2. The molecule has 150 valence electrons. The zero-order valence-electron chi connectivity index (χ0n) is 17.2. The highest BCUT2D eigenvalue weighted by atomic mass is 16.3. The summed E-state index contributed by atoms with van der Waals surface area (Å²) in [6.45, 7) is 12.3. The molecule has 5 N–H and O–H groups in total. The molecule has 0 bridgehead atoms. The van der Waals surface area contributed by atoms with Crippen molar-refractivity contribution in [3.05, 3.63) is 70.8 Å². The Labute approximate surface area is 167 Å². The van der Waals surface area contributed by atoms with Gasteiger partial charge >= 0.3 is 0 Å². The predicted octanol–water partition coefficient (Wildman–Crippen LogP) is 3.38. The second-order valence-electron chi connectivity index (χ2n) is 6.62. The SMILES string of the molecule is C=C(/C=C\c1nc(C2CC(O)C(c3ccc(C)cc3)=NN2)[nH]c1C)CN.CC. The lowest BCUT2D eigenvalue weighted by Crippen LogP contribution is -2.36. The Kier molecular flexibility index (Phi) is 7.72. The summed E-state index contributed by atoms with van der Waals surface area (Å²) in [6.07, 6.45) is 3.61. The van der Waals surface area contributed by atoms with E-state index in [1.165, 1.54) is 5.56 Å². The van der Waals surface area contributed by atoms with Gasteiger partial charge in [-0.15, -0.1) is 0 Å². The number of benzene rings is 1. The number of nitrogens with two attached hydrogens (primary N) is 1. The molecule has 0 amide bonds. The highest BCUT2D eigenvalue weighted by molar-refractivity contribution is 6.03. The molecule has 1 aliphatic rings. The van der Waals surface area contributed by atoms with Gasteiger partial charge in [0.2, 0.25) is 0 Å². The van der Waals surface area contributed by atoms with Crippen LogP contribution in [0.3, 0.4) is 0 Å². The number of nitrogens with zero attached hydrogens (tertiary/aromatic N) is 2. The summed E-state index contributed by atoms with van der Waals surface area (Å²) in [5.74, 6) is 0.756. The van der Waals surface area contributed by atoms with E-state index in [0.29, 0.717) is 18.7 Å². The van der Waals surface area contributed by atoms with Crippen molar-refractivity contribution < 1.29 is 5.11 Å². The van der Waals surface area contributed by atoms with Crippen molar-refractivity contribution in [3.63, 3.8) is 0 Å². The molecule has 0 spiro atoms. The number of imidazole rings is 1. The van der Waals surface area contributed by atoms with Crippen LogP contribution in [0.2, 0.25) is 0 Å². The number of nitrogens with one attached hydrogen (secondary N) is 2. The van der Waals surface area contributed by atoms with E-state index in [9.17, 15) is 5.11 Å². The minimum Gasteiger partial charge on any atom is -0.387 e. The standard InChI is InChI=1S/C20H25N5O.C2H6/c1-12-4-7-15(8-5-12)19-18(26)10-17(24-25-19)20-22-14(3)16(23-20)9-6-13(2)11-21;1-2/h4-9,17-18,24,26H,2,10-11,21H2,1,3H3,(H,22,23);1-2H3/b9-6-;. The number of hydrogen-bond acceptors (Lipinski definition) is 5. The van der Waals surface area contributed by atoms with E-state index >= 15 is 0 Å². The van der Waals surface area contributed by atoms with E-state index in [0.717, 1.165) is 28.3 Å². The van der Waals surface area contributed by atoms with Gasteiger partial charge in [-0.1, -0.05) is 56.3 Å². The molecule has 0 aliphatic carbocycles. The quantitative estimate of drug-likeness (QED) is 0.597. The molecule has 2 unspecified atom stereocenters. The Hall–Kier alpha value is -2.70. The second kappa shape index (κ2) is 10.0. The zero-order chi connectivity index (χ0) is 20.7. The first-order chi connectivity index (χ1) is 13.5. The number of rotatable bonds is 5. The lowest BCUT2D eigenvalue weighted by Gasteiger charge is -2.25. The van der Waals surface area contributed by atoms with Gasteiger partial charge in [-0.3, -0.25) is 5.43 Å². The number of aliphatic hydroxyl groups is 1. The molecule has 0 fully saturated rings. The fourth-order valence-corrected chi connectivity index (χ4v) is 2.85. The fraction of sp³-hybridized carbons (Fsp3) is 0.364. The molecule has 0 saturated heterocycles. The van der Waals surface area contributed by atoms with Gasteiger partial charge in [-0.25, -0.2) is 4.98 Å². The summed E-state index contributed by atoms with van der Waals surface area (Å²) < 4.78 is 0. The normalized spacial score (nSPS) is 18.9. The number of hydrogen-bond donors (Lipinski definition) is 4. The summed E-state index contributed by atoms with van der Waals surface area (Å²) in [5, 5.41) is 15.0. The van der Waals surface area contributed by atoms with Gasteiger partial charge in [-0.05, 0) is 25.5 Å². The first-order valence-corrected chi connectivity index (χ1v) is 9.68.